The predicted molar refractivity (Wildman–Crippen MR) is 95.3 cm³/mol. The summed E-state index contributed by atoms with van der Waals surface area (Å²) in [6.07, 6.45) is 4.27. The Kier molecular flexibility index (Phi) is 4.59. The molecule has 2 aromatic heterocycles. The second-order valence-corrected chi connectivity index (χ2v) is 7.91. The van der Waals surface area contributed by atoms with E-state index in [-0.39, 0.29) is 11.3 Å². The number of carbonyl (C=O) groups excluding carboxylic acids is 1. The van der Waals surface area contributed by atoms with Gasteiger partial charge in [0.1, 0.15) is 4.83 Å². The van der Waals surface area contributed by atoms with Gasteiger partial charge in [-0.15, -0.1) is 11.3 Å². The Labute approximate surface area is 142 Å². The van der Waals surface area contributed by atoms with Crippen LogP contribution >= 0.6 is 23.1 Å². The quantitative estimate of drug-likeness (QED) is 0.511. The van der Waals surface area contributed by atoms with E-state index in [0.29, 0.717) is 11.7 Å². The van der Waals surface area contributed by atoms with Crippen LogP contribution in [0.3, 0.4) is 0 Å². The molecule has 0 bridgehead atoms. The van der Waals surface area contributed by atoms with Gasteiger partial charge in [0, 0.05) is 11.4 Å². The van der Waals surface area contributed by atoms with Crippen LogP contribution in [0.15, 0.2) is 22.1 Å². The molecule has 0 radical (unpaired) electrons. The lowest BCUT2D eigenvalue weighted by molar-refractivity contribution is -0.115. The molecule has 1 aliphatic rings. The zero-order valence-corrected chi connectivity index (χ0v) is 14.7. The molecule has 23 heavy (non-hydrogen) atoms. The highest BCUT2D eigenvalue weighted by Gasteiger charge is 2.22. The number of nitrogens with two attached hydrogens (primary N) is 1. The van der Waals surface area contributed by atoms with Gasteiger partial charge in [-0.05, 0) is 38.2 Å². The summed E-state index contributed by atoms with van der Waals surface area (Å²) in [5, 5.41) is 1.30. The number of primary amides is 1. The van der Waals surface area contributed by atoms with Crippen molar-refractivity contribution >= 4 is 39.2 Å². The van der Waals surface area contributed by atoms with Gasteiger partial charge in [-0.25, -0.2) is 4.98 Å². The first kappa shape index (κ1) is 16.3. The van der Waals surface area contributed by atoms with E-state index in [4.69, 9.17) is 5.73 Å². The molecule has 1 amide bonds. The van der Waals surface area contributed by atoms with E-state index in [2.05, 4.69) is 11.6 Å². The molecule has 122 valence electrons. The number of hydrogen-bond acceptors (Lipinski definition) is 5. The van der Waals surface area contributed by atoms with Crippen LogP contribution in [0.4, 0.5) is 0 Å². The largest absolute Gasteiger partial charge is 0.369 e. The van der Waals surface area contributed by atoms with Gasteiger partial charge in [-0.1, -0.05) is 23.9 Å². The fraction of sp³-hybridized carbons (Fsp3) is 0.438. The zero-order chi connectivity index (χ0) is 16.6. The molecule has 1 aliphatic carbocycles. The van der Waals surface area contributed by atoms with Crippen molar-refractivity contribution in [3.05, 3.63) is 32.9 Å². The average molecular weight is 349 g/mol. The molecule has 5 nitrogen and oxygen atoms in total. The van der Waals surface area contributed by atoms with E-state index in [1.54, 1.807) is 15.9 Å². The third kappa shape index (κ3) is 3.21. The normalized spacial score (nSPS) is 14.0. The molecule has 3 rings (SSSR count). The topological polar surface area (TPSA) is 78.0 Å². The first-order chi connectivity index (χ1) is 11.0. The molecule has 0 saturated heterocycles. The van der Waals surface area contributed by atoms with Crippen LogP contribution in [0, 0.1) is 0 Å². The minimum Gasteiger partial charge on any atom is -0.369 e. The fourth-order valence-corrected chi connectivity index (χ4v) is 4.92. The van der Waals surface area contributed by atoms with Gasteiger partial charge in [-0.3, -0.25) is 14.2 Å². The number of aryl methyl sites for hydroxylation is 2. The lowest BCUT2D eigenvalue weighted by atomic mass is 9.97. The molecule has 2 aromatic rings. The summed E-state index contributed by atoms with van der Waals surface area (Å²) in [5.74, 6) is -0.309. The van der Waals surface area contributed by atoms with Gasteiger partial charge in [0.25, 0.3) is 5.56 Å². The van der Waals surface area contributed by atoms with E-state index < -0.39 is 5.91 Å². The Morgan fingerprint density at radius 2 is 2.17 bits per heavy atom. The van der Waals surface area contributed by atoms with Crippen LogP contribution in [-0.4, -0.2) is 21.2 Å². The highest BCUT2D eigenvalue weighted by atomic mass is 32.2. The van der Waals surface area contributed by atoms with Crippen LogP contribution < -0.4 is 11.3 Å². The van der Waals surface area contributed by atoms with Gasteiger partial charge < -0.3 is 5.73 Å². The third-order valence-electron chi connectivity index (χ3n) is 3.81. The highest BCUT2D eigenvalue weighted by Crippen LogP contribution is 2.34. The molecule has 7 heteroatoms. The van der Waals surface area contributed by atoms with Crippen molar-refractivity contribution in [2.75, 3.05) is 5.75 Å². The van der Waals surface area contributed by atoms with Crippen LogP contribution in [0.25, 0.3) is 10.2 Å². The van der Waals surface area contributed by atoms with Gasteiger partial charge in [0.2, 0.25) is 5.91 Å². The van der Waals surface area contributed by atoms with Crippen LogP contribution in [-0.2, 0) is 24.2 Å². The SMILES string of the molecule is C=C(C)Cn1c(SCC(N)=O)nc2sc3c(c2c1=O)CCCC3. The van der Waals surface area contributed by atoms with Gasteiger partial charge in [0.05, 0.1) is 11.1 Å². The Balaban J connectivity index is 2.19. The predicted octanol–water partition coefficient (Wildman–Crippen LogP) is 2.49. The number of amides is 1. The van der Waals surface area contributed by atoms with Crippen molar-refractivity contribution in [3.63, 3.8) is 0 Å². The number of aromatic nitrogens is 2. The van der Waals surface area contributed by atoms with Crippen LogP contribution in [0.2, 0.25) is 0 Å². The van der Waals surface area contributed by atoms with Crippen LogP contribution in [0.1, 0.15) is 30.2 Å². The first-order valence-electron chi connectivity index (χ1n) is 7.58. The van der Waals surface area contributed by atoms with Gasteiger partial charge in [-0.2, -0.15) is 0 Å². The van der Waals surface area contributed by atoms with Crippen molar-refractivity contribution < 1.29 is 4.79 Å². The molecule has 0 aromatic carbocycles. The summed E-state index contributed by atoms with van der Waals surface area (Å²) in [6.45, 7) is 6.18. The monoisotopic (exact) mass is 349 g/mol. The molecule has 2 heterocycles. The second-order valence-electron chi connectivity index (χ2n) is 5.89. The summed E-state index contributed by atoms with van der Waals surface area (Å²) >= 11 is 2.83. The van der Waals surface area contributed by atoms with Gasteiger partial charge in [0.15, 0.2) is 5.16 Å². The van der Waals surface area contributed by atoms with E-state index in [9.17, 15) is 9.59 Å². The van der Waals surface area contributed by atoms with Crippen molar-refractivity contribution in [1.82, 2.24) is 9.55 Å². The number of fused-ring (bicyclic) bond motifs is 3. The summed E-state index contributed by atoms with van der Waals surface area (Å²) in [5.41, 5.74) is 7.26. The number of hydrogen-bond donors (Lipinski definition) is 1. The molecule has 0 unspecified atom stereocenters. The number of nitrogens with zero attached hydrogens (tertiary/aromatic N) is 2. The second kappa shape index (κ2) is 6.49. The summed E-state index contributed by atoms with van der Waals surface area (Å²) in [6, 6.07) is 0. The molecule has 0 spiro atoms. The molecule has 0 aliphatic heterocycles. The lowest BCUT2D eigenvalue weighted by Gasteiger charge is -2.13. The molecule has 2 N–H and O–H groups in total. The molecule has 0 atom stereocenters. The van der Waals surface area contributed by atoms with E-state index in [0.717, 1.165) is 35.1 Å². The Morgan fingerprint density at radius 3 is 2.87 bits per heavy atom. The molecule has 0 saturated carbocycles. The van der Waals surface area contributed by atoms with Crippen molar-refractivity contribution in [2.24, 2.45) is 5.73 Å². The Bertz CT molecular complexity index is 851. The maximum absolute atomic E-state index is 13.0. The molecular weight excluding hydrogens is 330 g/mol. The average Bonchev–Trinajstić information content (AvgIpc) is 2.86. The summed E-state index contributed by atoms with van der Waals surface area (Å²) in [7, 11) is 0. The van der Waals surface area contributed by atoms with Crippen molar-refractivity contribution in [3.8, 4) is 0 Å². The first-order valence-corrected chi connectivity index (χ1v) is 9.38. The third-order valence-corrected chi connectivity index (χ3v) is 6.00. The van der Waals surface area contributed by atoms with E-state index in [1.807, 2.05) is 6.92 Å². The smallest absolute Gasteiger partial charge is 0.263 e. The number of carbonyl (C=O) groups is 1. The fourth-order valence-electron chi connectivity index (χ4n) is 2.88. The summed E-state index contributed by atoms with van der Waals surface area (Å²) < 4.78 is 1.62. The maximum Gasteiger partial charge on any atom is 0.263 e. The standard InChI is InChI=1S/C16H19N3O2S2/c1-9(2)7-19-15(21)13-10-5-3-4-6-11(10)23-14(13)18-16(19)22-8-12(17)20/h1,3-8H2,2H3,(H2,17,20). The number of rotatable bonds is 5. The number of thioether (sulfide) groups is 1. The van der Waals surface area contributed by atoms with Gasteiger partial charge >= 0.3 is 0 Å². The molecular formula is C16H19N3O2S2. The maximum atomic E-state index is 13.0. The highest BCUT2D eigenvalue weighted by molar-refractivity contribution is 7.99. The Hall–Kier alpha value is -1.60. The summed E-state index contributed by atoms with van der Waals surface area (Å²) in [4.78, 5) is 30.8. The zero-order valence-electron chi connectivity index (χ0n) is 13.1. The van der Waals surface area contributed by atoms with E-state index in [1.165, 1.54) is 28.6 Å². The lowest BCUT2D eigenvalue weighted by Crippen LogP contribution is -2.25. The minimum atomic E-state index is -0.420. The van der Waals surface area contributed by atoms with Crippen molar-refractivity contribution in [2.45, 2.75) is 44.3 Å². The Morgan fingerprint density at radius 1 is 1.43 bits per heavy atom. The minimum absolute atomic E-state index is 0.0237. The van der Waals surface area contributed by atoms with E-state index >= 15 is 0 Å². The van der Waals surface area contributed by atoms with Crippen molar-refractivity contribution in [1.29, 1.82) is 0 Å². The van der Waals surface area contributed by atoms with Crippen LogP contribution in [0.5, 0.6) is 0 Å². The molecule has 0 fully saturated rings. The number of allylic oxidation sites excluding steroid dienone is 1. The number of thiophene rings is 1.